The largest absolute Gasteiger partial charge is 0.497 e. The van der Waals surface area contributed by atoms with Gasteiger partial charge in [0, 0.05) is 6.04 Å². The van der Waals surface area contributed by atoms with E-state index in [2.05, 4.69) is 18.6 Å². The molecule has 22 heavy (non-hydrogen) atoms. The van der Waals surface area contributed by atoms with E-state index in [0.29, 0.717) is 5.75 Å². The zero-order chi connectivity index (χ0) is 16.6. The number of methoxy groups -OCH3 is 1. The van der Waals surface area contributed by atoms with Crippen LogP contribution in [-0.2, 0) is 10.0 Å². The third kappa shape index (κ3) is 5.94. The van der Waals surface area contributed by atoms with Crippen LogP contribution in [0.15, 0.2) is 29.2 Å². The van der Waals surface area contributed by atoms with Crippen molar-refractivity contribution in [3.63, 3.8) is 0 Å². The van der Waals surface area contributed by atoms with Gasteiger partial charge in [0.1, 0.15) is 5.75 Å². The van der Waals surface area contributed by atoms with Gasteiger partial charge in [-0.1, -0.05) is 0 Å². The Labute approximate surface area is 134 Å². The molecule has 1 rings (SSSR count). The third-order valence-electron chi connectivity index (χ3n) is 3.89. The van der Waals surface area contributed by atoms with Crippen LogP contribution in [-0.4, -0.2) is 41.2 Å². The molecule has 0 aliphatic rings. The zero-order valence-corrected chi connectivity index (χ0v) is 14.9. The second-order valence-corrected chi connectivity index (χ2v) is 7.26. The first-order valence-corrected chi connectivity index (χ1v) is 9.41. The van der Waals surface area contributed by atoms with E-state index < -0.39 is 10.0 Å². The lowest BCUT2D eigenvalue weighted by atomic mass is 10.2. The van der Waals surface area contributed by atoms with E-state index in [-0.39, 0.29) is 10.9 Å². The predicted molar refractivity (Wildman–Crippen MR) is 88.9 cm³/mol. The third-order valence-corrected chi connectivity index (χ3v) is 5.50. The number of ether oxygens (including phenoxy) is 1. The molecule has 1 aromatic carbocycles. The van der Waals surface area contributed by atoms with Gasteiger partial charge in [-0.3, -0.25) is 0 Å². The van der Waals surface area contributed by atoms with Crippen LogP contribution in [0.1, 0.15) is 33.6 Å². The summed E-state index contributed by atoms with van der Waals surface area (Å²) >= 11 is 0. The van der Waals surface area contributed by atoms with Gasteiger partial charge in [-0.25, -0.2) is 13.1 Å². The molecular weight excluding hydrogens is 300 g/mol. The normalized spacial score (nSPS) is 13.3. The Balaban J connectivity index is 2.52. The summed E-state index contributed by atoms with van der Waals surface area (Å²) in [5.41, 5.74) is 0. The highest BCUT2D eigenvalue weighted by Gasteiger charge is 2.17. The Kier molecular flexibility index (Phi) is 7.85. The molecule has 0 heterocycles. The van der Waals surface area contributed by atoms with E-state index >= 15 is 0 Å². The van der Waals surface area contributed by atoms with Gasteiger partial charge >= 0.3 is 0 Å². The molecular formula is C16H29N2O3S+. The summed E-state index contributed by atoms with van der Waals surface area (Å²) in [6.45, 7) is 9.58. The summed E-state index contributed by atoms with van der Waals surface area (Å²) in [5, 5.41) is 0. The summed E-state index contributed by atoms with van der Waals surface area (Å²) in [7, 11) is -1.90. The summed E-state index contributed by atoms with van der Waals surface area (Å²) in [4.78, 5) is 1.82. The first kappa shape index (κ1) is 18.9. The highest BCUT2D eigenvalue weighted by molar-refractivity contribution is 7.89. The molecule has 0 radical (unpaired) electrons. The number of rotatable bonds is 10. The number of quaternary nitrogens is 1. The molecule has 0 saturated heterocycles. The molecule has 1 aromatic rings. The van der Waals surface area contributed by atoms with E-state index in [4.69, 9.17) is 4.74 Å². The van der Waals surface area contributed by atoms with E-state index in [1.54, 1.807) is 36.3 Å². The van der Waals surface area contributed by atoms with Crippen LogP contribution in [0, 0.1) is 0 Å². The average Bonchev–Trinajstić information content (AvgIpc) is 2.51. The molecule has 0 fully saturated rings. The van der Waals surface area contributed by atoms with E-state index in [1.165, 1.54) is 0 Å². The first-order valence-electron chi connectivity index (χ1n) is 7.92. The topological polar surface area (TPSA) is 59.8 Å². The van der Waals surface area contributed by atoms with Crippen molar-refractivity contribution in [1.29, 1.82) is 0 Å². The molecule has 5 nitrogen and oxygen atoms in total. The quantitative estimate of drug-likeness (QED) is 0.675. The molecule has 6 heteroatoms. The van der Waals surface area contributed by atoms with E-state index in [1.807, 2.05) is 6.92 Å². The van der Waals surface area contributed by atoms with Crippen molar-refractivity contribution in [2.24, 2.45) is 0 Å². The Morgan fingerprint density at radius 3 is 2.27 bits per heavy atom. The van der Waals surface area contributed by atoms with Crippen LogP contribution in [0.2, 0.25) is 0 Å². The maximum absolute atomic E-state index is 12.3. The minimum Gasteiger partial charge on any atom is -0.497 e. The van der Waals surface area contributed by atoms with Gasteiger partial charge in [-0.15, -0.1) is 0 Å². The smallest absolute Gasteiger partial charge is 0.240 e. The molecule has 0 aliphatic heterocycles. The standard InChI is InChI=1S/C16H28N2O3S/c1-5-18(6-2)13-7-8-14(3)17-22(19,20)16-11-9-15(21-4)10-12-16/h9-12,14,17H,5-8,13H2,1-4H3/p+1/t14-/m1/s1. The molecule has 0 unspecified atom stereocenters. The summed E-state index contributed by atoms with van der Waals surface area (Å²) in [6, 6.07) is 6.37. The van der Waals surface area contributed by atoms with Crippen molar-refractivity contribution in [3.05, 3.63) is 24.3 Å². The Morgan fingerprint density at radius 1 is 1.18 bits per heavy atom. The SMILES string of the molecule is CC[NH+](CC)CCC[C@@H](C)NS(=O)(=O)c1ccc(OC)cc1. The monoisotopic (exact) mass is 329 g/mol. The van der Waals surface area contributed by atoms with Crippen LogP contribution >= 0.6 is 0 Å². The van der Waals surface area contributed by atoms with Crippen LogP contribution in [0.25, 0.3) is 0 Å². The minimum atomic E-state index is -3.46. The van der Waals surface area contributed by atoms with Crippen LogP contribution in [0.3, 0.4) is 0 Å². The van der Waals surface area contributed by atoms with Gasteiger partial charge in [0.05, 0.1) is 31.6 Å². The summed E-state index contributed by atoms with van der Waals surface area (Å²) in [6.07, 6.45) is 1.86. The number of hydrogen-bond donors (Lipinski definition) is 2. The van der Waals surface area contributed by atoms with Crippen molar-refractivity contribution in [2.45, 2.75) is 44.6 Å². The van der Waals surface area contributed by atoms with Crippen LogP contribution < -0.4 is 14.4 Å². The fraction of sp³-hybridized carbons (Fsp3) is 0.625. The van der Waals surface area contributed by atoms with Crippen LogP contribution in [0.4, 0.5) is 0 Å². The van der Waals surface area contributed by atoms with Gasteiger partial charge in [0.15, 0.2) is 0 Å². The highest BCUT2D eigenvalue weighted by Crippen LogP contribution is 2.16. The van der Waals surface area contributed by atoms with Gasteiger partial charge in [0.2, 0.25) is 10.0 Å². The lowest BCUT2D eigenvalue weighted by molar-refractivity contribution is -0.896. The molecule has 0 saturated carbocycles. The zero-order valence-electron chi connectivity index (χ0n) is 14.1. The number of nitrogens with one attached hydrogen (secondary N) is 2. The molecule has 1 atom stereocenters. The molecule has 0 bridgehead atoms. The molecule has 0 aromatic heterocycles. The Bertz CT molecular complexity index is 525. The molecule has 0 spiro atoms. The Hall–Kier alpha value is -1.11. The summed E-state index contributed by atoms with van der Waals surface area (Å²) < 4.78 is 32.4. The lowest BCUT2D eigenvalue weighted by Gasteiger charge is -2.18. The predicted octanol–water partition coefficient (Wildman–Crippen LogP) is 1.07. The fourth-order valence-electron chi connectivity index (χ4n) is 2.41. The highest BCUT2D eigenvalue weighted by atomic mass is 32.2. The molecule has 126 valence electrons. The maximum Gasteiger partial charge on any atom is 0.240 e. The van der Waals surface area contributed by atoms with Gasteiger partial charge in [0.25, 0.3) is 0 Å². The van der Waals surface area contributed by atoms with Crippen molar-refractivity contribution < 1.29 is 18.1 Å². The molecule has 0 amide bonds. The summed E-state index contributed by atoms with van der Waals surface area (Å²) in [5.74, 6) is 0.647. The van der Waals surface area contributed by atoms with Crippen molar-refractivity contribution >= 4 is 10.0 Å². The van der Waals surface area contributed by atoms with E-state index in [9.17, 15) is 8.42 Å². The molecule has 0 aliphatic carbocycles. The first-order chi connectivity index (χ1) is 10.4. The second kappa shape index (κ2) is 9.12. The van der Waals surface area contributed by atoms with Crippen molar-refractivity contribution in [3.8, 4) is 5.75 Å². The molecule has 2 N–H and O–H groups in total. The maximum atomic E-state index is 12.3. The van der Waals surface area contributed by atoms with Crippen LogP contribution in [0.5, 0.6) is 5.75 Å². The van der Waals surface area contributed by atoms with Gasteiger partial charge < -0.3 is 9.64 Å². The fourth-order valence-corrected chi connectivity index (χ4v) is 3.69. The van der Waals surface area contributed by atoms with Crippen molar-refractivity contribution in [2.75, 3.05) is 26.7 Å². The number of hydrogen-bond acceptors (Lipinski definition) is 3. The number of sulfonamides is 1. The van der Waals surface area contributed by atoms with Gasteiger partial charge in [-0.2, -0.15) is 0 Å². The minimum absolute atomic E-state index is 0.0675. The lowest BCUT2D eigenvalue weighted by Crippen LogP contribution is -3.11. The second-order valence-electron chi connectivity index (χ2n) is 5.55. The van der Waals surface area contributed by atoms with Gasteiger partial charge in [-0.05, 0) is 57.9 Å². The van der Waals surface area contributed by atoms with Crippen molar-refractivity contribution in [1.82, 2.24) is 4.72 Å². The Morgan fingerprint density at radius 2 is 1.77 bits per heavy atom. The number of benzene rings is 1. The van der Waals surface area contributed by atoms with E-state index in [0.717, 1.165) is 32.5 Å². The average molecular weight is 329 g/mol.